The van der Waals surface area contributed by atoms with Gasteiger partial charge < -0.3 is 5.32 Å². The molecule has 3 aliphatic rings. The lowest BCUT2D eigenvalue weighted by atomic mass is 9.70. The predicted molar refractivity (Wildman–Crippen MR) is 99.4 cm³/mol. The minimum absolute atomic E-state index is 0.0253. The molecule has 0 aromatic heterocycles. The monoisotopic (exact) mass is 376 g/mol. The summed E-state index contributed by atoms with van der Waals surface area (Å²) in [5.74, 6) is 0.202. The number of hydrogen-bond donors (Lipinski definition) is 2. The fourth-order valence-electron chi connectivity index (χ4n) is 5.10. The molecule has 26 heavy (non-hydrogen) atoms. The van der Waals surface area contributed by atoms with Crippen LogP contribution >= 0.6 is 0 Å². The zero-order chi connectivity index (χ0) is 18.7. The van der Waals surface area contributed by atoms with Crippen molar-refractivity contribution in [3.8, 4) is 0 Å². The lowest BCUT2D eigenvalue weighted by Crippen LogP contribution is -2.43. The average molecular weight is 376 g/mol. The third-order valence-corrected chi connectivity index (χ3v) is 8.27. The summed E-state index contributed by atoms with van der Waals surface area (Å²) in [6.45, 7) is 4.07. The van der Waals surface area contributed by atoms with Crippen LogP contribution in [0.25, 0.3) is 0 Å². The van der Waals surface area contributed by atoms with Gasteiger partial charge in [-0.1, -0.05) is 13.8 Å². The zero-order valence-corrected chi connectivity index (χ0v) is 15.9. The van der Waals surface area contributed by atoms with Gasteiger partial charge in [0.15, 0.2) is 0 Å². The molecule has 6 nitrogen and oxygen atoms in total. The van der Waals surface area contributed by atoms with Crippen LogP contribution in [0.3, 0.4) is 0 Å². The summed E-state index contributed by atoms with van der Waals surface area (Å²) in [6.07, 6.45) is 3.07. The highest BCUT2D eigenvalue weighted by atomic mass is 32.2. The van der Waals surface area contributed by atoms with Crippen LogP contribution in [-0.2, 0) is 26.0 Å². The first kappa shape index (κ1) is 17.5. The SMILES string of the molecule is CC1(C)C2CCC1(CS(=O)(=O)Nc1ccc3c(c1)CCC(=O)N3)C(=O)C2. The van der Waals surface area contributed by atoms with E-state index in [1.807, 2.05) is 13.8 Å². The molecule has 0 saturated heterocycles. The summed E-state index contributed by atoms with van der Waals surface area (Å²) < 4.78 is 28.4. The first-order valence-corrected chi connectivity index (χ1v) is 10.7. The Morgan fingerprint density at radius 2 is 2.00 bits per heavy atom. The van der Waals surface area contributed by atoms with Crippen molar-refractivity contribution in [2.45, 2.75) is 46.0 Å². The molecule has 140 valence electrons. The third-order valence-electron chi connectivity index (χ3n) is 6.85. The number of rotatable bonds is 4. The molecule has 2 saturated carbocycles. The molecule has 2 atom stereocenters. The molecule has 1 aromatic carbocycles. The van der Waals surface area contributed by atoms with E-state index in [1.54, 1.807) is 18.2 Å². The molecule has 1 aromatic rings. The lowest BCUT2D eigenvalue weighted by molar-refractivity contribution is -0.128. The van der Waals surface area contributed by atoms with Gasteiger partial charge in [0.1, 0.15) is 5.78 Å². The number of sulfonamides is 1. The summed E-state index contributed by atoms with van der Waals surface area (Å²) in [6, 6.07) is 5.14. The van der Waals surface area contributed by atoms with Crippen LogP contribution < -0.4 is 10.0 Å². The van der Waals surface area contributed by atoms with Crippen molar-refractivity contribution >= 4 is 33.1 Å². The van der Waals surface area contributed by atoms with Crippen LogP contribution in [0.4, 0.5) is 11.4 Å². The second kappa shape index (κ2) is 5.55. The molecule has 7 heteroatoms. The Balaban J connectivity index is 1.57. The second-order valence-corrected chi connectivity index (χ2v) is 10.2. The quantitative estimate of drug-likeness (QED) is 0.845. The molecule has 2 unspecified atom stereocenters. The van der Waals surface area contributed by atoms with Crippen LogP contribution in [0.1, 0.15) is 45.1 Å². The van der Waals surface area contributed by atoms with E-state index < -0.39 is 15.4 Å². The maximum absolute atomic E-state index is 12.9. The molecule has 1 heterocycles. The molecule has 2 aliphatic carbocycles. The second-order valence-electron chi connectivity index (χ2n) is 8.45. The molecule has 4 rings (SSSR count). The van der Waals surface area contributed by atoms with Gasteiger partial charge >= 0.3 is 0 Å². The third kappa shape index (κ3) is 2.55. The van der Waals surface area contributed by atoms with Crippen LogP contribution in [0, 0.1) is 16.7 Å². The van der Waals surface area contributed by atoms with Crippen molar-refractivity contribution in [1.29, 1.82) is 0 Å². The molecule has 2 fully saturated rings. The summed E-state index contributed by atoms with van der Waals surface area (Å²) in [4.78, 5) is 24.0. The lowest BCUT2D eigenvalue weighted by Gasteiger charge is -2.36. The minimum atomic E-state index is -3.66. The molecule has 2 N–H and O–H groups in total. The molecular weight excluding hydrogens is 352 g/mol. The fraction of sp³-hybridized carbons (Fsp3) is 0.579. The summed E-state index contributed by atoms with van der Waals surface area (Å²) >= 11 is 0. The van der Waals surface area contributed by atoms with Gasteiger partial charge in [0.05, 0.1) is 11.2 Å². The number of fused-ring (bicyclic) bond motifs is 3. The number of carbonyl (C=O) groups is 2. The van der Waals surface area contributed by atoms with Crippen LogP contribution in [0.2, 0.25) is 0 Å². The standard InChI is InChI=1S/C19H24N2O4S/c1-18(2)13-7-8-19(18,16(22)10-13)11-26(24,25)21-14-4-5-15-12(9-14)3-6-17(23)20-15/h4-5,9,13,21H,3,6-8,10-11H2,1-2H3,(H,20,23). The van der Waals surface area contributed by atoms with E-state index >= 15 is 0 Å². The van der Waals surface area contributed by atoms with Gasteiger partial charge in [-0.3, -0.25) is 14.3 Å². The van der Waals surface area contributed by atoms with E-state index in [-0.39, 0.29) is 28.8 Å². The maximum Gasteiger partial charge on any atom is 0.233 e. The zero-order valence-electron chi connectivity index (χ0n) is 15.1. The first-order chi connectivity index (χ1) is 12.1. The van der Waals surface area contributed by atoms with Gasteiger partial charge in [0, 0.05) is 24.2 Å². The van der Waals surface area contributed by atoms with E-state index in [1.165, 1.54) is 0 Å². The normalized spacial score (nSPS) is 29.4. The van der Waals surface area contributed by atoms with Crippen molar-refractivity contribution in [3.63, 3.8) is 0 Å². The maximum atomic E-state index is 12.9. The summed E-state index contributed by atoms with van der Waals surface area (Å²) in [5, 5.41) is 2.79. The van der Waals surface area contributed by atoms with Crippen LogP contribution in [-0.4, -0.2) is 25.9 Å². The van der Waals surface area contributed by atoms with Crippen LogP contribution in [0.15, 0.2) is 18.2 Å². The smallest absolute Gasteiger partial charge is 0.233 e. The molecular formula is C19H24N2O4S. The number of aryl methyl sites for hydroxylation is 1. The van der Waals surface area contributed by atoms with Crippen molar-refractivity contribution < 1.29 is 18.0 Å². The van der Waals surface area contributed by atoms with Gasteiger partial charge in [0.25, 0.3) is 0 Å². The van der Waals surface area contributed by atoms with Crippen LogP contribution in [0.5, 0.6) is 0 Å². The molecule has 2 bridgehead atoms. The molecule has 0 radical (unpaired) electrons. The van der Waals surface area contributed by atoms with Crippen molar-refractivity contribution in [1.82, 2.24) is 0 Å². The van der Waals surface area contributed by atoms with E-state index in [4.69, 9.17) is 0 Å². The Morgan fingerprint density at radius 1 is 1.23 bits per heavy atom. The topological polar surface area (TPSA) is 92.3 Å². The van der Waals surface area contributed by atoms with Gasteiger partial charge in [0.2, 0.25) is 15.9 Å². The minimum Gasteiger partial charge on any atom is -0.326 e. The number of nitrogens with one attached hydrogen (secondary N) is 2. The Kier molecular flexibility index (Phi) is 3.74. The van der Waals surface area contributed by atoms with Crippen molar-refractivity contribution in [3.05, 3.63) is 23.8 Å². The fourth-order valence-corrected chi connectivity index (χ4v) is 6.98. The number of carbonyl (C=O) groups excluding carboxylic acids is 2. The Morgan fingerprint density at radius 3 is 2.65 bits per heavy atom. The Labute approximate surface area is 153 Å². The number of anilines is 2. The van der Waals surface area contributed by atoms with Gasteiger partial charge in [-0.2, -0.15) is 0 Å². The Hall–Kier alpha value is -1.89. The number of amides is 1. The average Bonchev–Trinajstić information content (AvgIpc) is 2.88. The van der Waals surface area contributed by atoms with E-state index in [0.717, 1.165) is 17.7 Å². The van der Waals surface area contributed by atoms with Crippen molar-refractivity contribution in [2.75, 3.05) is 15.8 Å². The Bertz CT molecular complexity index is 906. The van der Waals surface area contributed by atoms with Gasteiger partial charge in [-0.15, -0.1) is 0 Å². The first-order valence-electron chi connectivity index (χ1n) is 9.10. The van der Waals surface area contributed by atoms with Crippen molar-refractivity contribution in [2.24, 2.45) is 16.7 Å². The highest BCUT2D eigenvalue weighted by Crippen LogP contribution is 2.64. The molecule has 0 spiro atoms. The molecule has 1 aliphatic heterocycles. The van der Waals surface area contributed by atoms with E-state index in [0.29, 0.717) is 31.4 Å². The molecule has 1 amide bonds. The highest BCUT2D eigenvalue weighted by Gasteiger charge is 2.65. The van der Waals surface area contributed by atoms with E-state index in [2.05, 4.69) is 10.0 Å². The number of Topliss-reactive ketones (excluding diaryl/α,β-unsaturated/α-hetero) is 1. The number of benzene rings is 1. The van der Waals surface area contributed by atoms with E-state index in [9.17, 15) is 18.0 Å². The van der Waals surface area contributed by atoms with Gasteiger partial charge in [-0.05, 0) is 54.4 Å². The summed E-state index contributed by atoms with van der Waals surface area (Å²) in [7, 11) is -3.66. The predicted octanol–water partition coefficient (Wildman–Crippen LogP) is 2.71. The highest BCUT2D eigenvalue weighted by molar-refractivity contribution is 7.92. The number of ketones is 1. The summed E-state index contributed by atoms with van der Waals surface area (Å²) in [5.41, 5.74) is 1.08. The largest absolute Gasteiger partial charge is 0.326 e. The van der Waals surface area contributed by atoms with Gasteiger partial charge in [-0.25, -0.2) is 8.42 Å². The number of hydrogen-bond acceptors (Lipinski definition) is 4.